The van der Waals surface area contributed by atoms with Crippen LogP contribution < -0.4 is 16.0 Å². The molecule has 6 nitrogen and oxygen atoms in total. The molecule has 0 radical (unpaired) electrons. The zero-order chi connectivity index (χ0) is 20.5. The van der Waals surface area contributed by atoms with Crippen molar-refractivity contribution in [3.8, 4) is 6.07 Å². The highest BCUT2D eigenvalue weighted by Gasteiger charge is 2.24. The fourth-order valence-electron chi connectivity index (χ4n) is 3.13. The van der Waals surface area contributed by atoms with Gasteiger partial charge in [0.1, 0.15) is 17.0 Å². The summed E-state index contributed by atoms with van der Waals surface area (Å²) in [6, 6.07) is 4.64. The maximum absolute atomic E-state index is 12.6. The molecule has 3 N–H and O–H groups in total. The van der Waals surface area contributed by atoms with Gasteiger partial charge in [0.2, 0.25) is 11.8 Å². The van der Waals surface area contributed by atoms with Gasteiger partial charge >= 0.3 is 0 Å². The van der Waals surface area contributed by atoms with Gasteiger partial charge in [-0.2, -0.15) is 5.26 Å². The lowest BCUT2D eigenvalue weighted by Crippen LogP contribution is -2.51. The zero-order valence-corrected chi connectivity index (χ0v) is 17.4. The topological polar surface area (TPSA) is 94.0 Å². The molecular weight excluding hydrogens is 372 g/mol. The van der Waals surface area contributed by atoms with Crippen LogP contribution in [0.5, 0.6) is 0 Å². The van der Waals surface area contributed by atoms with E-state index in [1.807, 2.05) is 6.07 Å². The van der Waals surface area contributed by atoms with Crippen LogP contribution in [0.15, 0.2) is 35.9 Å². The van der Waals surface area contributed by atoms with E-state index in [1.54, 1.807) is 20.0 Å². The Morgan fingerprint density at radius 2 is 2.11 bits per heavy atom. The van der Waals surface area contributed by atoms with Gasteiger partial charge in [0.05, 0.1) is 12.6 Å². The van der Waals surface area contributed by atoms with Gasteiger partial charge in [-0.3, -0.25) is 9.59 Å². The standard InChI is InChI=1S/C21H28N4O2S.3H2/c1-14(16-7-5-4-6-8-16)11-19(23-3)21(27)25-15(2)20(26)24-13-18-10-9-17(12-22)28-18;;;/h4-5,7,9-10,14-15,19,23H,6,8,11,13H2,1-3H3,(H,24,26)(H,25,27);3*1H/t14-,15-,19+;;;/m0.../s1. The Kier molecular flexibility index (Phi) is 8.42. The van der Waals surface area contributed by atoms with Crippen LogP contribution in [-0.2, 0) is 16.1 Å². The molecule has 0 aliphatic heterocycles. The number of carbonyl (C=O) groups is 2. The normalized spacial score (nSPS) is 16.4. The predicted octanol–water partition coefficient (Wildman–Crippen LogP) is 3.37. The zero-order valence-electron chi connectivity index (χ0n) is 16.6. The largest absolute Gasteiger partial charge is 0.349 e. The van der Waals surface area contributed by atoms with Crippen molar-refractivity contribution >= 4 is 23.2 Å². The fourth-order valence-corrected chi connectivity index (χ4v) is 3.88. The van der Waals surface area contributed by atoms with E-state index in [4.69, 9.17) is 5.26 Å². The Hall–Kier alpha value is -2.43. The minimum absolute atomic E-state index is 0. The fraction of sp³-hybridized carbons (Fsp3) is 0.476. The number of nitrogens with one attached hydrogen (secondary N) is 3. The van der Waals surface area contributed by atoms with Gasteiger partial charge in [0.25, 0.3) is 0 Å². The summed E-state index contributed by atoms with van der Waals surface area (Å²) < 4.78 is 0. The number of hydrogen-bond acceptors (Lipinski definition) is 5. The lowest BCUT2D eigenvalue weighted by Gasteiger charge is -2.24. The Morgan fingerprint density at radius 1 is 1.32 bits per heavy atom. The Morgan fingerprint density at radius 3 is 2.71 bits per heavy atom. The summed E-state index contributed by atoms with van der Waals surface area (Å²) in [7, 11) is 1.76. The molecule has 1 aliphatic carbocycles. The highest BCUT2D eigenvalue weighted by molar-refractivity contribution is 7.12. The summed E-state index contributed by atoms with van der Waals surface area (Å²) in [5.74, 6) is -0.124. The molecule has 2 rings (SSSR count). The summed E-state index contributed by atoms with van der Waals surface area (Å²) in [5, 5.41) is 17.5. The average molecular weight is 407 g/mol. The number of carbonyl (C=O) groups excluding carboxylic acids is 2. The minimum Gasteiger partial charge on any atom is -0.349 e. The summed E-state index contributed by atoms with van der Waals surface area (Å²) in [5.41, 5.74) is 1.36. The van der Waals surface area contributed by atoms with Crippen molar-refractivity contribution in [2.75, 3.05) is 7.05 Å². The lowest BCUT2D eigenvalue weighted by molar-refractivity contribution is -0.129. The number of amides is 2. The van der Waals surface area contributed by atoms with Gasteiger partial charge in [-0.25, -0.2) is 0 Å². The smallest absolute Gasteiger partial charge is 0.242 e. The molecule has 1 aliphatic rings. The Labute approximate surface area is 175 Å². The van der Waals surface area contributed by atoms with Crippen LogP contribution in [0.3, 0.4) is 0 Å². The molecule has 0 bridgehead atoms. The van der Waals surface area contributed by atoms with E-state index >= 15 is 0 Å². The molecule has 1 aromatic rings. The van der Waals surface area contributed by atoms with E-state index in [0.717, 1.165) is 17.7 Å². The van der Waals surface area contributed by atoms with Crippen molar-refractivity contribution < 1.29 is 13.9 Å². The third kappa shape index (κ3) is 6.32. The third-order valence-corrected chi connectivity index (χ3v) is 5.88. The maximum Gasteiger partial charge on any atom is 0.242 e. The molecule has 3 atom stereocenters. The number of likely N-dealkylation sites (N-methyl/N-ethyl adjacent to an activating group) is 1. The summed E-state index contributed by atoms with van der Waals surface area (Å²) in [4.78, 5) is 26.4. The van der Waals surface area contributed by atoms with E-state index < -0.39 is 6.04 Å². The van der Waals surface area contributed by atoms with E-state index in [-0.39, 0.29) is 22.1 Å². The second-order valence-corrected chi connectivity index (χ2v) is 8.18. The van der Waals surface area contributed by atoms with Gasteiger partial charge in [-0.15, -0.1) is 11.3 Å². The highest BCUT2D eigenvalue weighted by atomic mass is 32.1. The first-order chi connectivity index (χ1) is 13.4. The highest BCUT2D eigenvalue weighted by Crippen LogP contribution is 2.24. The number of hydrogen-bond donors (Lipinski definition) is 3. The molecule has 156 valence electrons. The quantitative estimate of drug-likeness (QED) is 0.586. The molecule has 0 saturated carbocycles. The molecule has 0 saturated heterocycles. The second kappa shape index (κ2) is 10.8. The number of allylic oxidation sites excluding steroid dienone is 4. The molecule has 1 aromatic heterocycles. The number of thiophene rings is 1. The number of nitrogens with zero attached hydrogens (tertiary/aromatic N) is 1. The van der Waals surface area contributed by atoms with Crippen LogP contribution in [0.25, 0.3) is 0 Å². The van der Waals surface area contributed by atoms with Crippen molar-refractivity contribution in [1.29, 1.82) is 5.26 Å². The van der Waals surface area contributed by atoms with Gasteiger partial charge < -0.3 is 16.0 Å². The van der Waals surface area contributed by atoms with Crippen LogP contribution in [0.1, 0.15) is 47.1 Å². The Bertz CT molecular complexity index is 805. The first kappa shape index (κ1) is 21.9. The monoisotopic (exact) mass is 406 g/mol. The molecule has 0 unspecified atom stereocenters. The van der Waals surface area contributed by atoms with Crippen LogP contribution in [0.4, 0.5) is 0 Å². The maximum atomic E-state index is 12.6. The molecule has 7 heteroatoms. The van der Waals surface area contributed by atoms with E-state index in [1.165, 1.54) is 16.9 Å². The summed E-state index contributed by atoms with van der Waals surface area (Å²) in [6.45, 7) is 4.15. The molecule has 0 fully saturated rings. The average Bonchev–Trinajstić information content (AvgIpc) is 3.18. The van der Waals surface area contributed by atoms with Crippen molar-refractivity contribution in [2.45, 2.75) is 51.7 Å². The summed E-state index contributed by atoms with van der Waals surface area (Å²) >= 11 is 1.35. The lowest BCUT2D eigenvalue weighted by atomic mass is 9.88. The minimum atomic E-state index is -0.633. The van der Waals surface area contributed by atoms with Gasteiger partial charge in [-0.1, -0.05) is 30.7 Å². The molecule has 0 aromatic carbocycles. The number of rotatable bonds is 9. The van der Waals surface area contributed by atoms with E-state index in [9.17, 15) is 9.59 Å². The Balaban J connectivity index is 0. The van der Waals surface area contributed by atoms with Crippen LogP contribution in [0, 0.1) is 17.2 Å². The van der Waals surface area contributed by atoms with Crippen LogP contribution in [-0.4, -0.2) is 30.9 Å². The molecule has 1 heterocycles. The summed E-state index contributed by atoms with van der Waals surface area (Å²) in [6.07, 6.45) is 9.12. The third-order valence-electron chi connectivity index (χ3n) is 4.89. The SMILES string of the molecule is CN[C@H](C[C@H](C)C1=CC=CCC1)C(=O)N[C@@H](C)C(=O)NCc1ccc(C#N)s1.[HH].[HH].[HH]. The van der Waals surface area contributed by atoms with Crippen molar-refractivity contribution in [1.82, 2.24) is 16.0 Å². The molecule has 2 amide bonds. The number of nitriles is 1. The van der Waals surface area contributed by atoms with E-state index in [0.29, 0.717) is 23.8 Å². The molecule has 0 spiro atoms. The van der Waals surface area contributed by atoms with Crippen molar-refractivity contribution in [3.63, 3.8) is 0 Å². The first-order valence-electron chi connectivity index (χ1n) is 9.54. The van der Waals surface area contributed by atoms with Gasteiger partial charge in [-0.05, 0) is 51.3 Å². The second-order valence-electron chi connectivity index (χ2n) is 7.01. The first-order valence-corrected chi connectivity index (χ1v) is 10.4. The molecule has 28 heavy (non-hydrogen) atoms. The molecular formula is C21H34N4O2S. The van der Waals surface area contributed by atoms with Crippen LogP contribution >= 0.6 is 11.3 Å². The van der Waals surface area contributed by atoms with Gasteiger partial charge in [0, 0.05) is 9.16 Å². The predicted molar refractivity (Wildman–Crippen MR) is 118 cm³/mol. The van der Waals surface area contributed by atoms with Crippen LogP contribution in [0.2, 0.25) is 0 Å². The van der Waals surface area contributed by atoms with Crippen molar-refractivity contribution in [2.24, 2.45) is 5.92 Å². The van der Waals surface area contributed by atoms with E-state index in [2.05, 4.69) is 47.2 Å². The van der Waals surface area contributed by atoms with Crippen molar-refractivity contribution in [3.05, 3.63) is 45.7 Å². The van der Waals surface area contributed by atoms with Gasteiger partial charge in [0.15, 0.2) is 0 Å².